The Hall–Kier alpha value is -1.56. The zero-order chi connectivity index (χ0) is 13.0. The van der Waals surface area contributed by atoms with Crippen molar-refractivity contribution in [2.45, 2.75) is 19.4 Å². The molecule has 0 aliphatic carbocycles. The van der Waals surface area contributed by atoms with Crippen LogP contribution in [0, 0.1) is 17.5 Å². The van der Waals surface area contributed by atoms with E-state index in [0.717, 1.165) is 0 Å². The largest absolute Gasteiger partial charge is 0.466 e. The van der Waals surface area contributed by atoms with Gasteiger partial charge in [0, 0.05) is 12.1 Å². The Morgan fingerprint density at radius 2 is 1.88 bits per heavy atom. The molecule has 1 N–H and O–H groups in total. The van der Waals surface area contributed by atoms with Gasteiger partial charge in [0.25, 0.3) is 0 Å². The summed E-state index contributed by atoms with van der Waals surface area (Å²) < 4.78 is 43.5. The molecule has 0 aliphatic heterocycles. The molecule has 0 bridgehead atoms. The summed E-state index contributed by atoms with van der Waals surface area (Å²) in [6.07, 6.45) is -2.29. The first kappa shape index (κ1) is 13.5. The lowest BCUT2D eigenvalue weighted by atomic mass is 10.1. The number of halogens is 3. The van der Waals surface area contributed by atoms with Gasteiger partial charge in [0.15, 0.2) is 0 Å². The topological polar surface area (TPSA) is 46.5 Å². The minimum Gasteiger partial charge on any atom is -0.466 e. The number of esters is 1. The second kappa shape index (κ2) is 5.67. The van der Waals surface area contributed by atoms with E-state index in [4.69, 9.17) is 0 Å². The van der Waals surface area contributed by atoms with Crippen LogP contribution in [0.4, 0.5) is 13.2 Å². The van der Waals surface area contributed by atoms with Crippen molar-refractivity contribution in [2.75, 3.05) is 6.61 Å². The molecule has 0 radical (unpaired) electrons. The van der Waals surface area contributed by atoms with Crippen LogP contribution in [-0.4, -0.2) is 17.7 Å². The van der Waals surface area contributed by atoms with Crippen LogP contribution in [0.3, 0.4) is 0 Å². The molecule has 17 heavy (non-hydrogen) atoms. The quantitative estimate of drug-likeness (QED) is 0.830. The normalized spacial score (nSPS) is 12.3. The van der Waals surface area contributed by atoms with Gasteiger partial charge >= 0.3 is 5.97 Å². The number of hydrogen-bond acceptors (Lipinski definition) is 3. The van der Waals surface area contributed by atoms with Crippen molar-refractivity contribution in [2.24, 2.45) is 0 Å². The summed E-state index contributed by atoms with van der Waals surface area (Å²) in [5.41, 5.74) is -0.737. The first-order chi connectivity index (χ1) is 7.95. The molecule has 1 atom stereocenters. The lowest BCUT2D eigenvalue weighted by molar-refractivity contribution is -0.145. The Balaban J connectivity index is 2.89. The van der Waals surface area contributed by atoms with E-state index < -0.39 is 41.5 Å². The van der Waals surface area contributed by atoms with Crippen LogP contribution in [0.1, 0.15) is 25.0 Å². The number of carbonyl (C=O) groups excluding carboxylic acids is 1. The molecule has 94 valence electrons. The minimum atomic E-state index is -1.70. The number of ether oxygens (including phenoxy) is 1. The first-order valence-electron chi connectivity index (χ1n) is 4.93. The highest BCUT2D eigenvalue weighted by Crippen LogP contribution is 2.24. The van der Waals surface area contributed by atoms with Gasteiger partial charge in [-0.15, -0.1) is 0 Å². The molecule has 0 amide bonds. The Morgan fingerprint density at radius 3 is 2.35 bits per heavy atom. The summed E-state index contributed by atoms with van der Waals surface area (Å²) in [4.78, 5) is 11.0. The second-order valence-corrected chi connectivity index (χ2v) is 3.31. The van der Waals surface area contributed by atoms with Crippen molar-refractivity contribution < 1.29 is 27.8 Å². The van der Waals surface area contributed by atoms with Gasteiger partial charge in [-0.2, -0.15) is 0 Å². The molecular weight excluding hydrogens is 237 g/mol. The summed E-state index contributed by atoms with van der Waals surface area (Å²) in [6.45, 7) is 1.66. The van der Waals surface area contributed by atoms with Gasteiger partial charge in [0.05, 0.1) is 24.7 Å². The molecule has 6 heteroatoms. The molecule has 0 saturated heterocycles. The highest BCUT2D eigenvalue weighted by atomic mass is 19.1. The fraction of sp³-hybridized carbons (Fsp3) is 0.364. The van der Waals surface area contributed by atoms with Gasteiger partial charge in [-0.25, -0.2) is 13.2 Å². The summed E-state index contributed by atoms with van der Waals surface area (Å²) in [7, 11) is 0. The van der Waals surface area contributed by atoms with Crippen molar-refractivity contribution in [3.05, 3.63) is 35.1 Å². The molecule has 0 saturated carbocycles. The lowest BCUT2D eigenvalue weighted by Gasteiger charge is -2.12. The maximum Gasteiger partial charge on any atom is 0.308 e. The van der Waals surface area contributed by atoms with Crippen LogP contribution in [-0.2, 0) is 9.53 Å². The fourth-order valence-electron chi connectivity index (χ4n) is 1.35. The zero-order valence-corrected chi connectivity index (χ0v) is 9.04. The molecule has 1 aromatic carbocycles. The number of carbonyl (C=O) groups is 1. The molecule has 0 spiro atoms. The predicted molar refractivity (Wildman–Crippen MR) is 52.5 cm³/mol. The number of hydrogen-bond donors (Lipinski definition) is 1. The van der Waals surface area contributed by atoms with Gasteiger partial charge in [0.2, 0.25) is 0 Å². The van der Waals surface area contributed by atoms with E-state index in [1.54, 1.807) is 6.92 Å². The Morgan fingerprint density at radius 1 is 1.35 bits per heavy atom. The third-order valence-electron chi connectivity index (χ3n) is 2.04. The van der Waals surface area contributed by atoms with Crippen LogP contribution < -0.4 is 0 Å². The molecule has 1 rings (SSSR count). The van der Waals surface area contributed by atoms with Crippen LogP contribution in [0.25, 0.3) is 0 Å². The van der Waals surface area contributed by atoms with Crippen molar-refractivity contribution in [1.29, 1.82) is 0 Å². The smallest absolute Gasteiger partial charge is 0.308 e. The number of aliphatic hydroxyl groups excluding tert-OH is 1. The van der Waals surface area contributed by atoms with Crippen molar-refractivity contribution >= 4 is 5.97 Å². The third-order valence-corrected chi connectivity index (χ3v) is 2.04. The average molecular weight is 248 g/mol. The first-order valence-corrected chi connectivity index (χ1v) is 4.93. The fourth-order valence-corrected chi connectivity index (χ4v) is 1.35. The Labute approximate surface area is 95.8 Å². The van der Waals surface area contributed by atoms with Crippen LogP contribution in [0.5, 0.6) is 0 Å². The molecule has 0 aromatic heterocycles. The SMILES string of the molecule is CCOC(=O)CC(O)c1c(F)cc(F)cc1F. The Kier molecular flexibility index (Phi) is 4.51. The van der Waals surface area contributed by atoms with Crippen molar-refractivity contribution in [3.63, 3.8) is 0 Å². The molecule has 0 heterocycles. The highest BCUT2D eigenvalue weighted by molar-refractivity contribution is 5.70. The number of benzene rings is 1. The van der Waals surface area contributed by atoms with Crippen molar-refractivity contribution in [3.8, 4) is 0 Å². The van der Waals surface area contributed by atoms with E-state index in [0.29, 0.717) is 12.1 Å². The zero-order valence-electron chi connectivity index (χ0n) is 9.04. The molecule has 0 fully saturated rings. The van der Waals surface area contributed by atoms with E-state index in [1.807, 2.05) is 0 Å². The van der Waals surface area contributed by atoms with Crippen LogP contribution in [0.2, 0.25) is 0 Å². The van der Waals surface area contributed by atoms with Crippen LogP contribution >= 0.6 is 0 Å². The second-order valence-electron chi connectivity index (χ2n) is 3.31. The molecule has 3 nitrogen and oxygen atoms in total. The maximum atomic E-state index is 13.2. The number of aliphatic hydroxyl groups is 1. The van der Waals surface area contributed by atoms with Crippen LogP contribution in [0.15, 0.2) is 12.1 Å². The highest BCUT2D eigenvalue weighted by Gasteiger charge is 2.22. The third kappa shape index (κ3) is 3.45. The summed E-state index contributed by atoms with van der Waals surface area (Å²) in [5.74, 6) is -4.35. The molecule has 1 unspecified atom stereocenters. The van der Waals surface area contributed by atoms with E-state index in [2.05, 4.69) is 4.74 Å². The monoisotopic (exact) mass is 248 g/mol. The van der Waals surface area contributed by atoms with Crippen molar-refractivity contribution in [1.82, 2.24) is 0 Å². The van der Waals surface area contributed by atoms with Gasteiger partial charge < -0.3 is 9.84 Å². The average Bonchev–Trinajstić information content (AvgIpc) is 2.15. The van der Waals surface area contributed by atoms with Gasteiger partial charge in [0.1, 0.15) is 17.5 Å². The van der Waals surface area contributed by atoms with E-state index in [9.17, 15) is 23.1 Å². The summed E-state index contributed by atoms with van der Waals surface area (Å²) >= 11 is 0. The van der Waals surface area contributed by atoms with Gasteiger partial charge in [-0.1, -0.05) is 0 Å². The predicted octanol–water partition coefficient (Wildman–Crippen LogP) is 2.09. The van der Waals surface area contributed by atoms with Gasteiger partial charge in [-0.3, -0.25) is 4.79 Å². The van der Waals surface area contributed by atoms with E-state index >= 15 is 0 Å². The molecular formula is C11H11F3O3. The van der Waals surface area contributed by atoms with Gasteiger partial charge in [-0.05, 0) is 6.92 Å². The minimum absolute atomic E-state index is 0.0972. The summed E-state index contributed by atoms with van der Waals surface area (Å²) in [5, 5.41) is 9.47. The molecule has 1 aromatic rings. The number of rotatable bonds is 4. The molecule has 0 aliphatic rings. The maximum absolute atomic E-state index is 13.2. The summed E-state index contributed by atoms with van der Waals surface area (Å²) in [6, 6.07) is 0.875. The van der Waals surface area contributed by atoms with E-state index in [-0.39, 0.29) is 6.61 Å². The lowest BCUT2D eigenvalue weighted by Crippen LogP contribution is -2.13. The standard InChI is InChI=1S/C11H11F3O3/c1-2-17-10(16)5-9(15)11-7(13)3-6(12)4-8(11)14/h3-4,9,15H,2,5H2,1H3. The Bertz CT molecular complexity index is 397. The van der Waals surface area contributed by atoms with E-state index in [1.165, 1.54) is 0 Å².